The molecule has 178 valence electrons. The van der Waals surface area contributed by atoms with Crippen LogP contribution in [0.2, 0.25) is 0 Å². The van der Waals surface area contributed by atoms with Crippen LogP contribution >= 0.6 is 7.60 Å². The number of amides is 1. The zero-order valence-electron chi connectivity index (χ0n) is 19.6. The summed E-state index contributed by atoms with van der Waals surface area (Å²) in [6.07, 6.45) is 2.80. The fourth-order valence-electron chi connectivity index (χ4n) is 4.09. The highest BCUT2D eigenvalue weighted by atomic mass is 31.2. The summed E-state index contributed by atoms with van der Waals surface area (Å²) in [5.41, 5.74) is 9.95. The molecule has 0 atom stereocenters. The van der Waals surface area contributed by atoms with Crippen molar-refractivity contribution in [2.24, 2.45) is 5.73 Å². The number of nitrogens with zero attached hydrogens (tertiary/aromatic N) is 1. The highest BCUT2D eigenvalue weighted by molar-refractivity contribution is 7.53. The number of nitrogens with two attached hydrogens (primary N) is 1. The normalized spacial score (nSPS) is 11.7. The van der Waals surface area contributed by atoms with Crippen molar-refractivity contribution in [3.63, 3.8) is 0 Å². The van der Waals surface area contributed by atoms with Gasteiger partial charge in [0.1, 0.15) is 5.75 Å². The molecule has 8 heteroatoms. The molecule has 2 aromatic carbocycles. The van der Waals surface area contributed by atoms with Crippen LogP contribution in [0, 0.1) is 0 Å². The molecule has 3 rings (SSSR count). The second kappa shape index (κ2) is 11.5. The van der Waals surface area contributed by atoms with Gasteiger partial charge in [0.15, 0.2) is 0 Å². The third kappa shape index (κ3) is 6.26. The molecular formula is C25H33N2O5P. The first-order valence-corrected chi connectivity index (χ1v) is 12.9. The lowest BCUT2D eigenvalue weighted by Crippen LogP contribution is -2.15. The Labute approximate surface area is 195 Å². The Balaban J connectivity index is 1.92. The maximum Gasteiger partial charge on any atom is 0.330 e. The summed E-state index contributed by atoms with van der Waals surface area (Å²) in [6, 6.07) is 16.2. The standard InChI is InChI=1S/C25H33N2O5P/c1-4-9-23-22(17-25(26)28)21-16-20(32-14-8-15-33(29,30-2)31-3)12-13-24(21)27(23)18-19-10-6-5-7-11-19/h5-7,10-13,16H,4,8-9,14-15,17-18H2,1-3H3,(H2,26,28). The van der Waals surface area contributed by atoms with E-state index < -0.39 is 7.60 Å². The molecule has 0 saturated carbocycles. The number of fused-ring (bicyclic) bond motifs is 1. The molecule has 0 bridgehead atoms. The number of rotatable bonds is 13. The van der Waals surface area contributed by atoms with Gasteiger partial charge in [0.2, 0.25) is 5.91 Å². The van der Waals surface area contributed by atoms with Crippen molar-refractivity contribution in [3.05, 3.63) is 65.4 Å². The van der Waals surface area contributed by atoms with Crippen LogP contribution in [0.1, 0.15) is 36.6 Å². The monoisotopic (exact) mass is 472 g/mol. The highest BCUT2D eigenvalue weighted by Gasteiger charge is 2.21. The van der Waals surface area contributed by atoms with Crippen molar-refractivity contribution in [1.29, 1.82) is 0 Å². The van der Waals surface area contributed by atoms with E-state index in [0.717, 1.165) is 41.5 Å². The van der Waals surface area contributed by atoms with E-state index in [-0.39, 0.29) is 18.5 Å². The van der Waals surface area contributed by atoms with Crippen LogP contribution in [0.3, 0.4) is 0 Å². The van der Waals surface area contributed by atoms with Crippen LogP contribution in [-0.2, 0) is 37.8 Å². The number of hydrogen-bond acceptors (Lipinski definition) is 5. The minimum Gasteiger partial charge on any atom is -0.494 e. The van der Waals surface area contributed by atoms with Gasteiger partial charge < -0.3 is 24.1 Å². The topological polar surface area (TPSA) is 92.8 Å². The molecule has 2 N–H and O–H groups in total. The van der Waals surface area contributed by atoms with E-state index in [9.17, 15) is 9.36 Å². The van der Waals surface area contributed by atoms with Crippen molar-refractivity contribution < 1.29 is 23.1 Å². The van der Waals surface area contributed by atoms with Gasteiger partial charge in [0.05, 0.1) is 19.2 Å². The van der Waals surface area contributed by atoms with Crippen LogP contribution < -0.4 is 10.5 Å². The molecule has 0 aliphatic rings. The summed E-state index contributed by atoms with van der Waals surface area (Å²) < 4.78 is 30.3. The average Bonchev–Trinajstić information content (AvgIpc) is 3.09. The van der Waals surface area contributed by atoms with E-state index in [1.54, 1.807) is 0 Å². The molecule has 1 aromatic heterocycles. The first kappa shape index (κ1) is 25.0. The van der Waals surface area contributed by atoms with Gasteiger partial charge in [-0.05, 0) is 42.2 Å². The predicted octanol–water partition coefficient (Wildman–Crippen LogP) is 4.92. The Bertz CT molecular complexity index is 1120. The van der Waals surface area contributed by atoms with Gasteiger partial charge >= 0.3 is 7.60 Å². The van der Waals surface area contributed by atoms with E-state index in [4.69, 9.17) is 19.5 Å². The molecule has 0 spiro atoms. The summed E-state index contributed by atoms with van der Waals surface area (Å²) in [6.45, 7) is 3.22. The summed E-state index contributed by atoms with van der Waals surface area (Å²) in [5, 5.41) is 0.977. The Morgan fingerprint density at radius 2 is 1.82 bits per heavy atom. The summed E-state index contributed by atoms with van der Waals surface area (Å²) in [7, 11) is -0.280. The van der Waals surface area contributed by atoms with E-state index >= 15 is 0 Å². The summed E-state index contributed by atoms with van der Waals surface area (Å²) in [5.74, 6) is 0.338. The van der Waals surface area contributed by atoms with E-state index in [1.807, 2.05) is 36.4 Å². The lowest BCUT2D eigenvalue weighted by Gasteiger charge is -2.13. The lowest BCUT2D eigenvalue weighted by molar-refractivity contribution is -0.117. The Hall–Kier alpha value is -2.60. The van der Waals surface area contributed by atoms with Crippen molar-refractivity contribution in [2.75, 3.05) is 27.0 Å². The Morgan fingerprint density at radius 3 is 2.45 bits per heavy atom. The third-order valence-electron chi connectivity index (χ3n) is 5.68. The molecule has 33 heavy (non-hydrogen) atoms. The predicted molar refractivity (Wildman–Crippen MR) is 131 cm³/mol. The van der Waals surface area contributed by atoms with Gasteiger partial charge in [0, 0.05) is 37.4 Å². The van der Waals surface area contributed by atoms with Gasteiger partial charge in [-0.25, -0.2) is 0 Å². The third-order valence-corrected chi connectivity index (χ3v) is 7.66. The number of benzene rings is 2. The number of carbonyl (C=O) groups is 1. The first-order chi connectivity index (χ1) is 15.9. The largest absolute Gasteiger partial charge is 0.494 e. The van der Waals surface area contributed by atoms with Crippen LogP contribution in [0.4, 0.5) is 0 Å². The number of hydrogen-bond donors (Lipinski definition) is 1. The molecule has 0 aliphatic carbocycles. The SMILES string of the molecule is CCCc1c(CC(N)=O)c2cc(OCCCP(=O)(OC)OC)ccc2n1Cc1ccccc1. The minimum atomic E-state index is -3.04. The molecule has 0 unspecified atom stereocenters. The van der Waals surface area contributed by atoms with E-state index in [0.29, 0.717) is 18.8 Å². The summed E-state index contributed by atoms with van der Waals surface area (Å²) >= 11 is 0. The van der Waals surface area contributed by atoms with Crippen molar-refractivity contribution in [2.45, 2.75) is 39.2 Å². The minimum absolute atomic E-state index is 0.182. The molecule has 0 aliphatic heterocycles. The van der Waals surface area contributed by atoms with Gasteiger partial charge in [-0.2, -0.15) is 0 Å². The molecule has 1 amide bonds. The zero-order chi connectivity index (χ0) is 23.8. The highest BCUT2D eigenvalue weighted by Crippen LogP contribution is 2.46. The molecule has 0 saturated heterocycles. The second-order valence-corrected chi connectivity index (χ2v) is 10.4. The maximum absolute atomic E-state index is 12.2. The Kier molecular flexibility index (Phi) is 8.73. The number of ether oxygens (including phenoxy) is 1. The molecule has 0 radical (unpaired) electrons. The Morgan fingerprint density at radius 1 is 1.09 bits per heavy atom. The molecular weight excluding hydrogens is 439 g/mol. The number of primary amides is 1. The van der Waals surface area contributed by atoms with Crippen LogP contribution in [0.5, 0.6) is 5.75 Å². The van der Waals surface area contributed by atoms with Gasteiger partial charge in [-0.15, -0.1) is 0 Å². The quantitative estimate of drug-likeness (QED) is 0.281. The molecule has 1 heterocycles. The maximum atomic E-state index is 12.2. The molecule has 3 aromatic rings. The average molecular weight is 473 g/mol. The lowest BCUT2D eigenvalue weighted by atomic mass is 10.0. The van der Waals surface area contributed by atoms with Crippen LogP contribution in [-0.4, -0.2) is 37.5 Å². The zero-order valence-corrected chi connectivity index (χ0v) is 20.5. The van der Waals surface area contributed by atoms with Crippen molar-refractivity contribution in [1.82, 2.24) is 4.57 Å². The molecule has 7 nitrogen and oxygen atoms in total. The van der Waals surface area contributed by atoms with Crippen LogP contribution in [0.25, 0.3) is 10.9 Å². The van der Waals surface area contributed by atoms with Crippen molar-refractivity contribution in [3.8, 4) is 5.75 Å². The van der Waals surface area contributed by atoms with E-state index in [2.05, 4.69) is 23.6 Å². The van der Waals surface area contributed by atoms with Gasteiger partial charge in [0.25, 0.3) is 0 Å². The fourth-order valence-corrected chi connectivity index (χ4v) is 5.12. The van der Waals surface area contributed by atoms with Crippen LogP contribution in [0.15, 0.2) is 48.5 Å². The number of carbonyl (C=O) groups excluding carboxylic acids is 1. The smallest absolute Gasteiger partial charge is 0.330 e. The number of aromatic nitrogens is 1. The van der Waals surface area contributed by atoms with Gasteiger partial charge in [-0.3, -0.25) is 9.36 Å². The second-order valence-electron chi connectivity index (χ2n) is 7.97. The van der Waals surface area contributed by atoms with Crippen molar-refractivity contribution >= 4 is 24.4 Å². The van der Waals surface area contributed by atoms with Gasteiger partial charge in [-0.1, -0.05) is 43.7 Å². The molecule has 0 fully saturated rings. The first-order valence-electron chi connectivity index (χ1n) is 11.2. The summed E-state index contributed by atoms with van der Waals surface area (Å²) in [4.78, 5) is 11.9. The fraction of sp³-hybridized carbons (Fsp3) is 0.400. The van der Waals surface area contributed by atoms with E-state index in [1.165, 1.54) is 19.8 Å².